The van der Waals surface area contributed by atoms with Gasteiger partial charge in [-0.2, -0.15) is 0 Å². The van der Waals surface area contributed by atoms with E-state index >= 15 is 0 Å². The molecule has 0 saturated heterocycles. The predicted molar refractivity (Wildman–Crippen MR) is 61.7 cm³/mol. The summed E-state index contributed by atoms with van der Waals surface area (Å²) in [5.41, 5.74) is 6.43. The molecule has 6 heteroatoms. The Morgan fingerprint density at radius 1 is 1.28 bits per heavy atom. The molecule has 0 unspecified atom stereocenters. The zero-order valence-corrected chi connectivity index (χ0v) is 9.60. The van der Waals surface area contributed by atoms with Gasteiger partial charge in [-0.25, -0.2) is 4.39 Å². The zero-order chi connectivity index (χ0) is 13.7. The zero-order valence-electron chi connectivity index (χ0n) is 9.60. The van der Waals surface area contributed by atoms with Gasteiger partial charge >= 0.3 is 11.9 Å². The van der Waals surface area contributed by atoms with E-state index < -0.39 is 23.8 Å². The Hall–Kier alpha value is -1.95. The summed E-state index contributed by atoms with van der Waals surface area (Å²) in [5.74, 6) is -2.64. The minimum Gasteiger partial charge on any atom is -0.481 e. The van der Waals surface area contributed by atoms with Gasteiger partial charge in [0.25, 0.3) is 0 Å². The number of nitrogens with two attached hydrogens (primary N) is 1. The van der Waals surface area contributed by atoms with Crippen molar-refractivity contribution in [2.45, 2.75) is 25.3 Å². The lowest BCUT2D eigenvalue weighted by Crippen LogP contribution is -2.32. The highest BCUT2D eigenvalue weighted by atomic mass is 19.1. The fourth-order valence-electron chi connectivity index (χ4n) is 1.59. The highest BCUT2D eigenvalue weighted by molar-refractivity contribution is 5.73. The lowest BCUT2D eigenvalue weighted by Gasteiger charge is -2.11. The fourth-order valence-corrected chi connectivity index (χ4v) is 1.59. The van der Waals surface area contributed by atoms with Crippen LogP contribution in [-0.4, -0.2) is 28.2 Å². The number of aryl methyl sites for hydroxylation is 1. The first-order valence-corrected chi connectivity index (χ1v) is 5.37. The van der Waals surface area contributed by atoms with Crippen LogP contribution in [0.1, 0.15) is 17.5 Å². The summed E-state index contributed by atoms with van der Waals surface area (Å²) in [4.78, 5) is 21.1. The van der Waals surface area contributed by atoms with Crippen molar-refractivity contribution in [1.82, 2.24) is 0 Å². The molecule has 0 aliphatic rings. The number of hydrogen-bond donors (Lipinski definition) is 3. The molecule has 5 nitrogen and oxygen atoms in total. The van der Waals surface area contributed by atoms with Crippen LogP contribution < -0.4 is 5.73 Å². The molecule has 0 saturated carbocycles. The van der Waals surface area contributed by atoms with Gasteiger partial charge in [0.2, 0.25) is 0 Å². The Kier molecular flexibility index (Phi) is 4.79. The second-order valence-electron chi connectivity index (χ2n) is 3.96. The molecule has 0 aliphatic heterocycles. The summed E-state index contributed by atoms with van der Waals surface area (Å²) < 4.78 is 13.1. The van der Waals surface area contributed by atoms with E-state index in [1.807, 2.05) is 0 Å². The van der Waals surface area contributed by atoms with Crippen LogP contribution in [0.2, 0.25) is 0 Å². The van der Waals surface area contributed by atoms with E-state index in [4.69, 9.17) is 15.9 Å². The van der Waals surface area contributed by atoms with Crippen molar-refractivity contribution in [2.24, 2.45) is 5.73 Å². The van der Waals surface area contributed by atoms with Crippen molar-refractivity contribution in [2.75, 3.05) is 0 Å². The van der Waals surface area contributed by atoms with E-state index in [2.05, 4.69) is 0 Å². The largest absolute Gasteiger partial charge is 0.481 e. The molecule has 0 bridgehead atoms. The molecule has 1 aromatic carbocycles. The number of benzene rings is 1. The third-order valence-corrected chi connectivity index (χ3v) is 2.53. The molecular formula is C12H14FNO4. The Morgan fingerprint density at radius 2 is 1.94 bits per heavy atom. The van der Waals surface area contributed by atoms with E-state index in [0.717, 1.165) is 0 Å². The molecule has 1 atom stereocenters. The van der Waals surface area contributed by atoms with Gasteiger partial charge in [-0.3, -0.25) is 9.59 Å². The van der Waals surface area contributed by atoms with E-state index in [1.165, 1.54) is 18.2 Å². The smallest absolute Gasteiger partial charge is 0.320 e. The maximum absolute atomic E-state index is 13.1. The summed E-state index contributed by atoms with van der Waals surface area (Å²) in [6.07, 6.45) is 0.0975. The van der Waals surface area contributed by atoms with Gasteiger partial charge in [-0.15, -0.1) is 0 Å². The Labute approximate surface area is 103 Å². The van der Waals surface area contributed by atoms with Crippen molar-refractivity contribution < 1.29 is 24.2 Å². The lowest BCUT2D eigenvalue weighted by atomic mass is 9.97. The minimum atomic E-state index is -1.18. The average Bonchev–Trinajstić information content (AvgIpc) is 2.27. The molecule has 0 aliphatic carbocycles. The first-order valence-electron chi connectivity index (χ1n) is 5.37. The Morgan fingerprint density at radius 3 is 2.50 bits per heavy atom. The monoisotopic (exact) mass is 255 g/mol. The topological polar surface area (TPSA) is 101 Å². The van der Waals surface area contributed by atoms with Gasteiger partial charge in [0, 0.05) is 6.42 Å². The molecule has 0 amide bonds. The number of aliphatic carboxylic acids is 2. The third kappa shape index (κ3) is 4.14. The van der Waals surface area contributed by atoms with Crippen LogP contribution >= 0.6 is 0 Å². The first-order chi connectivity index (χ1) is 8.40. The third-order valence-electron chi connectivity index (χ3n) is 2.53. The molecule has 4 N–H and O–H groups in total. The maximum Gasteiger partial charge on any atom is 0.320 e. The second kappa shape index (κ2) is 6.11. The highest BCUT2D eigenvalue weighted by Crippen LogP contribution is 2.15. The van der Waals surface area contributed by atoms with E-state index in [9.17, 15) is 14.0 Å². The quantitative estimate of drug-likeness (QED) is 0.698. The first kappa shape index (κ1) is 14.1. The molecular weight excluding hydrogens is 241 g/mol. The van der Waals surface area contributed by atoms with Gasteiger partial charge < -0.3 is 15.9 Å². The van der Waals surface area contributed by atoms with Crippen LogP contribution in [0.5, 0.6) is 0 Å². The van der Waals surface area contributed by atoms with Crippen LogP contribution in [0, 0.1) is 5.82 Å². The normalized spacial score (nSPS) is 12.1. The average molecular weight is 255 g/mol. The summed E-state index contributed by atoms with van der Waals surface area (Å²) in [6.45, 7) is 0. The van der Waals surface area contributed by atoms with Crippen molar-refractivity contribution in [1.29, 1.82) is 0 Å². The Bertz CT molecular complexity index is 461. The van der Waals surface area contributed by atoms with Crippen LogP contribution in [0.15, 0.2) is 18.2 Å². The SMILES string of the molecule is N[C@@H](Cc1cc(F)ccc1CCC(=O)O)C(=O)O. The van der Waals surface area contributed by atoms with Gasteiger partial charge in [0.15, 0.2) is 0 Å². The number of carboxylic acids is 2. The van der Waals surface area contributed by atoms with Gasteiger partial charge in [0.05, 0.1) is 0 Å². The molecule has 0 heterocycles. The Balaban J connectivity index is 2.89. The van der Waals surface area contributed by atoms with E-state index in [1.54, 1.807) is 0 Å². The molecule has 98 valence electrons. The number of halogens is 1. The standard InChI is InChI=1S/C12H14FNO4/c13-9-3-1-7(2-4-11(15)16)8(5-9)6-10(14)12(17)18/h1,3,5,10H,2,4,6,14H2,(H,15,16)(H,17,18)/t10-/m0/s1. The van der Waals surface area contributed by atoms with Gasteiger partial charge in [0.1, 0.15) is 11.9 Å². The number of hydrogen-bond acceptors (Lipinski definition) is 3. The van der Waals surface area contributed by atoms with Crippen molar-refractivity contribution in [3.05, 3.63) is 35.1 Å². The number of rotatable bonds is 6. The molecule has 1 rings (SSSR count). The summed E-state index contributed by atoms with van der Waals surface area (Å²) in [5, 5.41) is 17.3. The van der Waals surface area contributed by atoms with Gasteiger partial charge in [-0.1, -0.05) is 6.07 Å². The highest BCUT2D eigenvalue weighted by Gasteiger charge is 2.15. The molecule has 0 radical (unpaired) electrons. The fraction of sp³-hybridized carbons (Fsp3) is 0.333. The molecule has 0 aromatic heterocycles. The van der Waals surface area contributed by atoms with Crippen LogP contribution in [0.4, 0.5) is 4.39 Å². The van der Waals surface area contributed by atoms with Crippen molar-refractivity contribution in [3.8, 4) is 0 Å². The van der Waals surface area contributed by atoms with Gasteiger partial charge in [-0.05, 0) is 36.1 Å². The van der Waals surface area contributed by atoms with Crippen molar-refractivity contribution in [3.63, 3.8) is 0 Å². The van der Waals surface area contributed by atoms with Crippen LogP contribution in [0.3, 0.4) is 0 Å². The summed E-state index contributed by atoms with van der Waals surface area (Å²) >= 11 is 0. The molecule has 18 heavy (non-hydrogen) atoms. The second-order valence-corrected chi connectivity index (χ2v) is 3.96. The number of carboxylic acid groups (broad SMARTS) is 2. The molecule has 1 aromatic rings. The van der Waals surface area contributed by atoms with E-state index in [-0.39, 0.29) is 19.3 Å². The molecule has 0 spiro atoms. The summed E-state index contributed by atoms with van der Waals surface area (Å²) in [7, 11) is 0. The minimum absolute atomic E-state index is 0.0257. The van der Waals surface area contributed by atoms with Crippen LogP contribution in [-0.2, 0) is 22.4 Å². The number of carbonyl (C=O) groups is 2. The summed E-state index contributed by atoms with van der Waals surface area (Å²) in [6, 6.07) is 2.74. The van der Waals surface area contributed by atoms with E-state index in [0.29, 0.717) is 11.1 Å². The van der Waals surface area contributed by atoms with Crippen LogP contribution in [0.25, 0.3) is 0 Å². The van der Waals surface area contributed by atoms with Crippen molar-refractivity contribution >= 4 is 11.9 Å². The predicted octanol–water partition coefficient (Wildman–Crippen LogP) is 0.797. The maximum atomic E-state index is 13.1. The lowest BCUT2D eigenvalue weighted by molar-refractivity contribution is -0.139. The molecule has 0 fully saturated rings.